The molecule has 0 unspecified atom stereocenters. The lowest BCUT2D eigenvalue weighted by Crippen LogP contribution is -2.24. The summed E-state index contributed by atoms with van der Waals surface area (Å²) in [5.41, 5.74) is 0. The van der Waals surface area contributed by atoms with Crippen LogP contribution in [0.2, 0.25) is 19.1 Å². The Balaban J connectivity index is 3.07. The zero-order valence-electron chi connectivity index (χ0n) is 6.22. The first kappa shape index (κ1) is 9.14. The van der Waals surface area contributed by atoms with Crippen molar-refractivity contribution in [1.29, 1.82) is 0 Å². The van der Waals surface area contributed by atoms with E-state index in [1.165, 1.54) is 0 Å². The van der Waals surface area contributed by atoms with Gasteiger partial charge in [0.1, 0.15) is 0 Å². The van der Waals surface area contributed by atoms with Gasteiger partial charge in [-0.05, 0) is 25.6 Å². The highest BCUT2D eigenvalue weighted by atomic mass is 28.4. The number of hydrogen-bond donors (Lipinski definition) is 2. The van der Waals surface area contributed by atoms with E-state index in [9.17, 15) is 4.80 Å². The molecule has 0 saturated heterocycles. The van der Waals surface area contributed by atoms with E-state index in [0.29, 0.717) is 0 Å². The summed E-state index contributed by atoms with van der Waals surface area (Å²) in [6.45, 7) is 4.10. The lowest BCUT2D eigenvalue weighted by molar-refractivity contribution is 0.286. The minimum atomic E-state index is -1.81. The number of aliphatic hydroxyl groups excluding tert-OH is 1. The molecule has 0 rings (SSSR count). The quantitative estimate of drug-likeness (QED) is 0.460. The van der Waals surface area contributed by atoms with Crippen LogP contribution in [0.15, 0.2) is 0 Å². The summed E-state index contributed by atoms with van der Waals surface area (Å²) in [7, 11) is -1.81. The Kier molecular flexibility index (Phi) is 4.09. The highest BCUT2D eigenvalue weighted by Crippen LogP contribution is 2.08. The molecule has 0 fully saturated rings. The maximum absolute atomic E-state index is 9.30. The second kappa shape index (κ2) is 4.03. The third kappa shape index (κ3) is 8.14. The third-order valence-corrected chi connectivity index (χ3v) is 2.77. The van der Waals surface area contributed by atoms with Gasteiger partial charge < -0.3 is 9.90 Å². The van der Waals surface area contributed by atoms with E-state index in [-0.39, 0.29) is 6.61 Å². The molecule has 0 aliphatic heterocycles. The summed E-state index contributed by atoms with van der Waals surface area (Å²) < 4.78 is 0. The lowest BCUT2D eigenvalue weighted by atomic mass is 10.4. The highest BCUT2D eigenvalue weighted by molar-refractivity contribution is 6.69. The summed E-state index contributed by atoms with van der Waals surface area (Å²) in [5.74, 6) is 0. The standard InChI is InChI=1S/C6H16O2Si/c1-9(2,8)6-4-3-5-7/h7-8H,3-6H2,1-2H3. The summed E-state index contributed by atoms with van der Waals surface area (Å²) in [4.78, 5) is 9.30. The summed E-state index contributed by atoms with van der Waals surface area (Å²) >= 11 is 0. The number of unbranched alkanes of at least 4 members (excludes halogenated alkanes) is 1. The predicted octanol–water partition coefficient (Wildman–Crippen LogP) is 0.956. The van der Waals surface area contributed by atoms with E-state index in [4.69, 9.17) is 5.11 Å². The summed E-state index contributed by atoms with van der Waals surface area (Å²) in [6.07, 6.45) is 1.79. The predicted molar refractivity (Wildman–Crippen MR) is 40.8 cm³/mol. The van der Waals surface area contributed by atoms with Crippen molar-refractivity contribution in [3.05, 3.63) is 0 Å². The number of aliphatic hydroxyl groups is 1. The SMILES string of the molecule is C[Si](C)(O)CCCCO. The van der Waals surface area contributed by atoms with Crippen LogP contribution < -0.4 is 0 Å². The minimum absolute atomic E-state index is 0.254. The van der Waals surface area contributed by atoms with Gasteiger partial charge >= 0.3 is 0 Å². The van der Waals surface area contributed by atoms with E-state index < -0.39 is 8.32 Å². The largest absolute Gasteiger partial charge is 0.432 e. The molecule has 0 amide bonds. The van der Waals surface area contributed by atoms with Crippen molar-refractivity contribution >= 4 is 8.32 Å². The summed E-state index contributed by atoms with van der Waals surface area (Å²) in [6, 6.07) is 0.910. The zero-order chi connectivity index (χ0) is 7.33. The molecule has 0 aromatic rings. The monoisotopic (exact) mass is 148 g/mol. The van der Waals surface area contributed by atoms with Crippen molar-refractivity contribution < 1.29 is 9.90 Å². The van der Waals surface area contributed by atoms with E-state index in [0.717, 1.165) is 18.9 Å². The Morgan fingerprint density at radius 2 is 1.78 bits per heavy atom. The van der Waals surface area contributed by atoms with Gasteiger partial charge in [-0.3, -0.25) is 0 Å². The topological polar surface area (TPSA) is 40.5 Å². The first-order valence-corrected chi connectivity index (χ1v) is 6.55. The van der Waals surface area contributed by atoms with Gasteiger partial charge in [0.05, 0.1) is 0 Å². The van der Waals surface area contributed by atoms with Crippen LogP contribution in [0.1, 0.15) is 12.8 Å². The van der Waals surface area contributed by atoms with Gasteiger partial charge in [-0.2, -0.15) is 0 Å². The fourth-order valence-corrected chi connectivity index (χ4v) is 1.78. The highest BCUT2D eigenvalue weighted by Gasteiger charge is 2.14. The average Bonchev–Trinajstić information content (AvgIpc) is 1.63. The van der Waals surface area contributed by atoms with E-state index >= 15 is 0 Å². The van der Waals surface area contributed by atoms with Gasteiger partial charge in [0.25, 0.3) is 0 Å². The third-order valence-electron chi connectivity index (χ3n) is 1.20. The number of rotatable bonds is 4. The average molecular weight is 148 g/mol. The minimum Gasteiger partial charge on any atom is -0.432 e. The fraction of sp³-hybridized carbons (Fsp3) is 1.00. The molecule has 3 heteroatoms. The van der Waals surface area contributed by atoms with Crippen LogP contribution in [0.4, 0.5) is 0 Å². The normalized spacial score (nSPS) is 12.0. The molecule has 0 spiro atoms. The molecule has 0 bridgehead atoms. The molecular weight excluding hydrogens is 132 g/mol. The second-order valence-corrected chi connectivity index (χ2v) is 7.12. The van der Waals surface area contributed by atoms with Gasteiger partial charge in [0.15, 0.2) is 8.32 Å². The Morgan fingerprint density at radius 1 is 1.22 bits per heavy atom. The van der Waals surface area contributed by atoms with Gasteiger partial charge in [-0.15, -0.1) is 0 Å². The van der Waals surface area contributed by atoms with Crippen molar-refractivity contribution in [2.24, 2.45) is 0 Å². The number of hydrogen-bond acceptors (Lipinski definition) is 2. The Bertz CT molecular complexity index is 67.9. The van der Waals surface area contributed by atoms with Crippen molar-refractivity contribution in [2.75, 3.05) is 6.61 Å². The Labute approximate surface area is 57.7 Å². The molecule has 9 heavy (non-hydrogen) atoms. The van der Waals surface area contributed by atoms with Gasteiger partial charge in [0.2, 0.25) is 0 Å². The van der Waals surface area contributed by atoms with Crippen LogP contribution in [0.25, 0.3) is 0 Å². The molecule has 2 N–H and O–H groups in total. The molecule has 0 aromatic heterocycles. The van der Waals surface area contributed by atoms with Crippen LogP contribution in [0, 0.1) is 0 Å². The molecule has 0 atom stereocenters. The first-order valence-electron chi connectivity index (χ1n) is 3.39. The molecule has 0 heterocycles. The maximum Gasteiger partial charge on any atom is 0.182 e. The molecular formula is C6H16O2Si. The van der Waals surface area contributed by atoms with E-state index in [1.807, 2.05) is 13.1 Å². The summed E-state index contributed by atoms with van der Waals surface area (Å²) in [5, 5.41) is 8.40. The van der Waals surface area contributed by atoms with Crippen molar-refractivity contribution in [1.82, 2.24) is 0 Å². The van der Waals surface area contributed by atoms with Crippen LogP contribution in [-0.2, 0) is 0 Å². The van der Waals surface area contributed by atoms with Gasteiger partial charge in [-0.25, -0.2) is 0 Å². The van der Waals surface area contributed by atoms with Crippen molar-refractivity contribution in [2.45, 2.75) is 32.0 Å². The van der Waals surface area contributed by atoms with E-state index in [1.54, 1.807) is 0 Å². The maximum atomic E-state index is 9.30. The van der Waals surface area contributed by atoms with Crippen molar-refractivity contribution in [3.8, 4) is 0 Å². The van der Waals surface area contributed by atoms with Gasteiger partial charge in [-0.1, -0.05) is 6.42 Å². The second-order valence-electron chi connectivity index (χ2n) is 2.99. The Hall–Kier alpha value is 0.137. The first-order chi connectivity index (χ1) is 4.06. The molecule has 2 nitrogen and oxygen atoms in total. The smallest absolute Gasteiger partial charge is 0.182 e. The van der Waals surface area contributed by atoms with Gasteiger partial charge in [0, 0.05) is 6.61 Å². The molecule has 0 radical (unpaired) electrons. The molecule has 56 valence electrons. The van der Waals surface area contributed by atoms with Crippen LogP contribution in [0.5, 0.6) is 0 Å². The van der Waals surface area contributed by atoms with E-state index in [2.05, 4.69) is 0 Å². The van der Waals surface area contributed by atoms with Crippen LogP contribution in [-0.4, -0.2) is 24.8 Å². The zero-order valence-corrected chi connectivity index (χ0v) is 7.22. The Morgan fingerprint density at radius 3 is 2.11 bits per heavy atom. The molecule has 0 saturated carbocycles. The fourth-order valence-electron chi connectivity index (χ4n) is 0.669. The van der Waals surface area contributed by atoms with Crippen LogP contribution in [0.3, 0.4) is 0 Å². The molecule has 0 aliphatic rings. The van der Waals surface area contributed by atoms with Crippen molar-refractivity contribution in [3.63, 3.8) is 0 Å². The van der Waals surface area contributed by atoms with Crippen LogP contribution >= 0.6 is 0 Å². The molecule has 0 aliphatic carbocycles. The molecule has 0 aromatic carbocycles. The lowest BCUT2D eigenvalue weighted by Gasteiger charge is -2.11.